The highest BCUT2D eigenvalue weighted by molar-refractivity contribution is 5.20. The summed E-state index contributed by atoms with van der Waals surface area (Å²) in [6.45, 7) is 3.53. The average Bonchev–Trinajstić information content (AvgIpc) is 2.78. The van der Waals surface area contributed by atoms with E-state index in [9.17, 15) is 0 Å². The summed E-state index contributed by atoms with van der Waals surface area (Å²) >= 11 is 0. The van der Waals surface area contributed by atoms with E-state index in [1.54, 1.807) is 0 Å². The van der Waals surface area contributed by atoms with Crippen molar-refractivity contribution in [2.75, 3.05) is 26.2 Å². The first-order chi connectivity index (χ1) is 7.88. The van der Waals surface area contributed by atoms with Crippen LogP contribution < -0.4 is 4.74 Å². The van der Waals surface area contributed by atoms with Crippen molar-refractivity contribution >= 4 is 0 Å². The second-order valence-corrected chi connectivity index (χ2v) is 4.08. The van der Waals surface area contributed by atoms with Gasteiger partial charge >= 0.3 is 0 Å². The van der Waals surface area contributed by atoms with Crippen LogP contribution in [0.1, 0.15) is 6.42 Å². The molecule has 84 valence electrons. The zero-order valence-electron chi connectivity index (χ0n) is 9.30. The van der Waals surface area contributed by atoms with E-state index in [1.165, 1.54) is 0 Å². The first kappa shape index (κ1) is 11.0. The minimum Gasteiger partial charge on any atom is -0.492 e. The summed E-state index contributed by atoms with van der Waals surface area (Å²) in [6, 6.07) is 12.2. The highest BCUT2D eigenvalue weighted by Gasteiger charge is 2.21. The second kappa shape index (κ2) is 5.53. The molecule has 1 unspecified atom stereocenters. The molecule has 1 aliphatic heterocycles. The topological polar surface area (TPSA) is 36.3 Å². The van der Waals surface area contributed by atoms with Crippen LogP contribution in [0.3, 0.4) is 0 Å². The summed E-state index contributed by atoms with van der Waals surface area (Å²) in [6.07, 6.45) is 1.00. The molecule has 16 heavy (non-hydrogen) atoms. The minimum atomic E-state index is 0.219. The molecule has 0 aromatic heterocycles. The Hall–Kier alpha value is -1.53. The zero-order chi connectivity index (χ0) is 11.2. The van der Waals surface area contributed by atoms with Crippen molar-refractivity contribution < 1.29 is 4.74 Å². The van der Waals surface area contributed by atoms with Crippen molar-refractivity contribution in [3.8, 4) is 11.8 Å². The van der Waals surface area contributed by atoms with Crippen LogP contribution in [0, 0.1) is 17.2 Å². The summed E-state index contributed by atoms with van der Waals surface area (Å²) < 4.78 is 5.61. The quantitative estimate of drug-likeness (QED) is 0.771. The smallest absolute Gasteiger partial charge is 0.119 e. The van der Waals surface area contributed by atoms with Gasteiger partial charge < -0.3 is 4.74 Å². The van der Waals surface area contributed by atoms with Crippen LogP contribution in [0.2, 0.25) is 0 Å². The average molecular weight is 216 g/mol. The van der Waals surface area contributed by atoms with Gasteiger partial charge in [0.05, 0.1) is 12.0 Å². The standard InChI is InChI=1S/C13H16N2O/c14-10-12-6-7-15(11-12)8-9-16-13-4-2-1-3-5-13/h1-5,12H,6-9,11H2. The van der Waals surface area contributed by atoms with Crippen molar-refractivity contribution in [3.63, 3.8) is 0 Å². The fourth-order valence-electron chi connectivity index (χ4n) is 1.95. The first-order valence-electron chi connectivity index (χ1n) is 5.68. The molecule has 1 fully saturated rings. The maximum atomic E-state index is 8.78. The molecule has 0 aliphatic carbocycles. The van der Waals surface area contributed by atoms with E-state index in [0.29, 0.717) is 6.61 Å². The fourth-order valence-corrected chi connectivity index (χ4v) is 1.95. The van der Waals surface area contributed by atoms with Crippen molar-refractivity contribution in [3.05, 3.63) is 30.3 Å². The Kier molecular flexibility index (Phi) is 3.79. The van der Waals surface area contributed by atoms with Gasteiger partial charge in [0.1, 0.15) is 12.4 Å². The molecule has 0 radical (unpaired) electrons. The van der Waals surface area contributed by atoms with Crippen LogP contribution in [0.5, 0.6) is 5.75 Å². The lowest BCUT2D eigenvalue weighted by atomic mass is 10.1. The van der Waals surface area contributed by atoms with E-state index < -0.39 is 0 Å². The molecule has 0 spiro atoms. The Morgan fingerprint density at radius 3 is 2.88 bits per heavy atom. The Morgan fingerprint density at radius 1 is 1.38 bits per heavy atom. The van der Waals surface area contributed by atoms with Crippen LogP contribution in [0.25, 0.3) is 0 Å². The molecule has 1 aromatic rings. The number of para-hydroxylation sites is 1. The summed E-state index contributed by atoms with van der Waals surface area (Å²) in [5.41, 5.74) is 0. The number of nitriles is 1. The molecule has 3 heteroatoms. The zero-order valence-corrected chi connectivity index (χ0v) is 9.30. The van der Waals surface area contributed by atoms with E-state index in [2.05, 4.69) is 11.0 Å². The van der Waals surface area contributed by atoms with Crippen LogP contribution in [-0.4, -0.2) is 31.1 Å². The molecule has 0 bridgehead atoms. The Labute approximate surface area is 96.2 Å². The SMILES string of the molecule is N#CC1CCN(CCOc2ccccc2)C1. The Morgan fingerprint density at radius 2 is 2.19 bits per heavy atom. The summed E-state index contributed by atoms with van der Waals surface area (Å²) in [4.78, 5) is 2.29. The van der Waals surface area contributed by atoms with E-state index in [-0.39, 0.29) is 5.92 Å². The second-order valence-electron chi connectivity index (χ2n) is 4.08. The van der Waals surface area contributed by atoms with Crippen LogP contribution in [0.4, 0.5) is 0 Å². The molecule has 1 atom stereocenters. The predicted octanol–water partition coefficient (Wildman–Crippen LogP) is 1.91. The number of hydrogen-bond acceptors (Lipinski definition) is 3. The molecule has 0 saturated carbocycles. The molecule has 2 rings (SSSR count). The van der Waals surface area contributed by atoms with Crippen molar-refractivity contribution in [2.45, 2.75) is 6.42 Å². The Bertz CT molecular complexity index is 358. The monoisotopic (exact) mass is 216 g/mol. The molecule has 3 nitrogen and oxygen atoms in total. The van der Waals surface area contributed by atoms with Gasteiger partial charge in [0.2, 0.25) is 0 Å². The van der Waals surface area contributed by atoms with Gasteiger partial charge in [-0.05, 0) is 25.1 Å². The lowest BCUT2D eigenvalue weighted by Crippen LogP contribution is -2.26. The summed E-state index contributed by atoms with van der Waals surface area (Å²) in [5.74, 6) is 1.13. The van der Waals surface area contributed by atoms with Gasteiger partial charge in [0.25, 0.3) is 0 Å². The lowest BCUT2D eigenvalue weighted by Gasteiger charge is -2.15. The van der Waals surface area contributed by atoms with Gasteiger partial charge in [0.15, 0.2) is 0 Å². The molecule has 0 amide bonds. The fraction of sp³-hybridized carbons (Fsp3) is 0.462. The van der Waals surface area contributed by atoms with E-state index in [0.717, 1.165) is 31.8 Å². The predicted molar refractivity (Wildman–Crippen MR) is 62.1 cm³/mol. The van der Waals surface area contributed by atoms with Gasteiger partial charge in [0, 0.05) is 13.1 Å². The van der Waals surface area contributed by atoms with Crippen molar-refractivity contribution in [1.82, 2.24) is 4.90 Å². The van der Waals surface area contributed by atoms with Crippen molar-refractivity contribution in [2.24, 2.45) is 5.92 Å². The van der Waals surface area contributed by atoms with Crippen molar-refractivity contribution in [1.29, 1.82) is 5.26 Å². The first-order valence-corrected chi connectivity index (χ1v) is 5.68. The van der Waals surface area contributed by atoms with Gasteiger partial charge in [-0.2, -0.15) is 5.26 Å². The molecule has 0 N–H and O–H groups in total. The maximum absolute atomic E-state index is 8.78. The third-order valence-electron chi connectivity index (χ3n) is 2.87. The maximum Gasteiger partial charge on any atom is 0.119 e. The third-order valence-corrected chi connectivity index (χ3v) is 2.87. The number of rotatable bonds is 4. The molecular formula is C13H16N2O. The van der Waals surface area contributed by atoms with Gasteiger partial charge in [-0.25, -0.2) is 0 Å². The van der Waals surface area contributed by atoms with E-state index >= 15 is 0 Å². The van der Waals surface area contributed by atoms with Gasteiger partial charge in [-0.3, -0.25) is 4.90 Å². The molecule has 1 saturated heterocycles. The summed E-state index contributed by atoms with van der Waals surface area (Å²) in [7, 11) is 0. The largest absolute Gasteiger partial charge is 0.492 e. The highest BCUT2D eigenvalue weighted by Crippen LogP contribution is 2.14. The lowest BCUT2D eigenvalue weighted by molar-refractivity contribution is 0.235. The number of hydrogen-bond donors (Lipinski definition) is 0. The van der Waals surface area contributed by atoms with E-state index in [1.807, 2.05) is 30.3 Å². The minimum absolute atomic E-state index is 0.219. The van der Waals surface area contributed by atoms with Crippen LogP contribution >= 0.6 is 0 Å². The Balaban J connectivity index is 1.68. The van der Waals surface area contributed by atoms with E-state index in [4.69, 9.17) is 10.00 Å². The van der Waals surface area contributed by atoms with Gasteiger partial charge in [-0.1, -0.05) is 18.2 Å². The van der Waals surface area contributed by atoms with Crippen LogP contribution in [0.15, 0.2) is 30.3 Å². The number of benzene rings is 1. The molecule has 1 aliphatic rings. The van der Waals surface area contributed by atoms with Gasteiger partial charge in [-0.15, -0.1) is 0 Å². The molecule has 1 aromatic carbocycles. The molecule has 1 heterocycles. The normalized spacial score (nSPS) is 20.6. The number of ether oxygens (including phenoxy) is 1. The molecular weight excluding hydrogens is 200 g/mol. The van der Waals surface area contributed by atoms with Crippen LogP contribution in [-0.2, 0) is 0 Å². The third kappa shape index (κ3) is 2.98. The number of nitrogens with zero attached hydrogens (tertiary/aromatic N) is 2. The number of likely N-dealkylation sites (tertiary alicyclic amines) is 1. The summed E-state index contributed by atoms with van der Waals surface area (Å²) in [5, 5.41) is 8.78. The highest BCUT2D eigenvalue weighted by atomic mass is 16.5.